The van der Waals surface area contributed by atoms with Crippen molar-refractivity contribution in [1.29, 1.82) is 0 Å². The summed E-state index contributed by atoms with van der Waals surface area (Å²) in [5, 5.41) is 13.1. The predicted octanol–water partition coefficient (Wildman–Crippen LogP) is 2.79. The highest BCUT2D eigenvalue weighted by Crippen LogP contribution is 2.29. The Labute approximate surface area is 77.2 Å². The molecule has 0 unspecified atom stereocenters. The Balaban J connectivity index is 3.05. The van der Waals surface area contributed by atoms with Crippen LogP contribution in [0.2, 0.25) is 5.02 Å². The third kappa shape index (κ3) is 1.83. The normalized spacial score (nSPS) is 9.92. The fourth-order valence-corrected chi connectivity index (χ4v) is 1.16. The van der Waals surface area contributed by atoms with Crippen LogP contribution < -0.4 is 5.32 Å². The van der Waals surface area contributed by atoms with E-state index in [1.54, 1.807) is 12.1 Å². The van der Waals surface area contributed by atoms with Gasteiger partial charge in [-0.25, -0.2) is 0 Å². The van der Waals surface area contributed by atoms with Gasteiger partial charge in [0.25, 0.3) is 0 Å². The summed E-state index contributed by atoms with van der Waals surface area (Å²) in [6, 6.07) is 3.38. The van der Waals surface area contributed by atoms with E-state index < -0.39 is 0 Å². The maximum absolute atomic E-state index is 9.43. The van der Waals surface area contributed by atoms with Crippen LogP contribution in [0.4, 0.5) is 5.69 Å². The molecule has 3 heteroatoms. The first kappa shape index (κ1) is 9.20. The van der Waals surface area contributed by atoms with Crippen LogP contribution in [0.1, 0.15) is 12.5 Å². The first-order chi connectivity index (χ1) is 5.65. The summed E-state index contributed by atoms with van der Waals surface area (Å²) in [7, 11) is 0. The Morgan fingerprint density at radius 1 is 1.50 bits per heavy atom. The summed E-state index contributed by atoms with van der Waals surface area (Å²) in [4.78, 5) is 0. The fourth-order valence-electron chi connectivity index (χ4n) is 0.998. The number of phenolic OH excluding ortho intramolecular Hbond substituents is 1. The van der Waals surface area contributed by atoms with E-state index >= 15 is 0 Å². The van der Waals surface area contributed by atoms with Crippen molar-refractivity contribution in [2.75, 3.05) is 11.9 Å². The van der Waals surface area contributed by atoms with Gasteiger partial charge in [0.2, 0.25) is 0 Å². The van der Waals surface area contributed by atoms with Crippen molar-refractivity contribution in [2.24, 2.45) is 0 Å². The fraction of sp³-hybridized carbons (Fsp3) is 0.333. The van der Waals surface area contributed by atoms with E-state index in [-0.39, 0.29) is 5.75 Å². The lowest BCUT2D eigenvalue weighted by Crippen LogP contribution is -1.96. The summed E-state index contributed by atoms with van der Waals surface area (Å²) in [5.74, 6) is 0.249. The van der Waals surface area contributed by atoms with E-state index in [9.17, 15) is 5.11 Å². The Kier molecular flexibility index (Phi) is 2.82. The molecular weight excluding hydrogens is 174 g/mol. The van der Waals surface area contributed by atoms with Gasteiger partial charge in [0.1, 0.15) is 5.75 Å². The molecule has 0 aliphatic carbocycles. The van der Waals surface area contributed by atoms with Gasteiger partial charge < -0.3 is 10.4 Å². The number of rotatable bonds is 2. The molecule has 0 saturated heterocycles. The van der Waals surface area contributed by atoms with Crippen LogP contribution in [0.3, 0.4) is 0 Å². The molecule has 2 N–H and O–H groups in total. The van der Waals surface area contributed by atoms with Gasteiger partial charge in [0.05, 0.1) is 5.69 Å². The quantitative estimate of drug-likeness (QED) is 0.695. The molecule has 0 aromatic heterocycles. The molecule has 66 valence electrons. The number of hydrogen-bond donors (Lipinski definition) is 2. The highest BCUT2D eigenvalue weighted by Gasteiger charge is 2.03. The zero-order valence-electron chi connectivity index (χ0n) is 7.19. The molecule has 0 saturated carbocycles. The topological polar surface area (TPSA) is 32.3 Å². The number of phenols is 1. The number of benzene rings is 1. The number of hydrogen-bond acceptors (Lipinski definition) is 2. The average molecular weight is 186 g/mol. The Bertz CT molecular complexity index is 286. The zero-order valence-corrected chi connectivity index (χ0v) is 7.94. The highest BCUT2D eigenvalue weighted by molar-refractivity contribution is 6.31. The largest absolute Gasteiger partial charge is 0.506 e. The van der Waals surface area contributed by atoms with E-state index in [2.05, 4.69) is 5.32 Å². The van der Waals surface area contributed by atoms with E-state index in [1.807, 2.05) is 13.8 Å². The summed E-state index contributed by atoms with van der Waals surface area (Å²) in [6.45, 7) is 4.60. The van der Waals surface area contributed by atoms with Crippen LogP contribution in [0.25, 0.3) is 0 Å². The molecule has 1 rings (SSSR count). The second kappa shape index (κ2) is 3.68. The number of anilines is 1. The van der Waals surface area contributed by atoms with Crippen molar-refractivity contribution in [3.05, 3.63) is 22.7 Å². The van der Waals surface area contributed by atoms with Crippen molar-refractivity contribution in [1.82, 2.24) is 0 Å². The Hall–Kier alpha value is -0.890. The molecule has 0 radical (unpaired) electrons. The maximum Gasteiger partial charge on any atom is 0.139 e. The van der Waals surface area contributed by atoms with Crippen LogP contribution in [0, 0.1) is 6.92 Å². The van der Waals surface area contributed by atoms with Crippen LogP contribution >= 0.6 is 11.6 Å². The van der Waals surface area contributed by atoms with E-state index in [0.29, 0.717) is 10.7 Å². The van der Waals surface area contributed by atoms with Crippen LogP contribution in [0.15, 0.2) is 12.1 Å². The van der Waals surface area contributed by atoms with Gasteiger partial charge in [-0.1, -0.05) is 11.6 Å². The van der Waals surface area contributed by atoms with Crippen molar-refractivity contribution < 1.29 is 5.11 Å². The number of halogens is 1. The van der Waals surface area contributed by atoms with Gasteiger partial charge in [-0.3, -0.25) is 0 Å². The smallest absolute Gasteiger partial charge is 0.139 e. The molecule has 1 aromatic carbocycles. The van der Waals surface area contributed by atoms with Gasteiger partial charge in [-0.15, -0.1) is 0 Å². The standard InChI is InChI=1S/C9H12ClNO/c1-3-11-8-5-7(10)6(2)4-9(8)12/h4-5,11-12H,3H2,1-2H3. The molecule has 0 amide bonds. The van der Waals surface area contributed by atoms with Gasteiger partial charge in [-0.05, 0) is 31.5 Å². The summed E-state index contributed by atoms with van der Waals surface area (Å²) in [6.07, 6.45) is 0. The minimum Gasteiger partial charge on any atom is -0.506 e. The predicted molar refractivity (Wildman–Crippen MR) is 52.0 cm³/mol. The number of nitrogens with one attached hydrogen (secondary N) is 1. The second-order valence-electron chi connectivity index (χ2n) is 2.65. The molecule has 0 fully saturated rings. The molecule has 1 aromatic rings. The van der Waals surface area contributed by atoms with E-state index in [0.717, 1.165) is 12.1 Å². The zero-order chi connectivity index (χ0) is 9.14. The molecule has 0 bridgehead atoms. The lowest BCUT2D eigenvalue weighted by atomic mass is 10.2. The van der Waals surface area contributed by atoms with Gasteiger partial charge in [0.15, 0.2) is 0 Å². The Morgan fingerprint density at radius 2 is 2.17 bits per heavy atom. The second-order valence-corrected chi connectivity index (χ2v) is 3.06. The highest BCUT2D eigenvalue weighted by atomic mass is 35.5. The summed E-state index contributed by atoms with van der Waals surface area (Å²) in [5.41, 5.74) is 1.57. The lowest BCUT2D eigenvalue weighted by Gasteiger charge is -2.07. The van der Waals surface area contributed by atoms with Crippen LogP contribution in [0.5, 0.6) is 5.75 Å². The molecule has 0 aliphatic rings. The van der Waals surface area contributed by atoms with Gasteiger partial charge in [-0.2, -0.15) is 0 Å². The first-order valence-corrected chi connectivity index (χ1v) is 4.26. The summed E-state index contributed by atoms with van der Waals surface area (Å²) >= 11 is 5.87. The van der Waals surface area contributed by atoms with Gasteiger partial charge in [0, 0.05) is 11.6 Å². The van der Waals surface area contributed by atoms with Crippen molar-refractivity contribution in [3.8, 4) is 5.75 Å². The lowest BCUT2D eigenvalue weighted by molar-refractivity contribution is 0.477. The third-order valence-corrected chi connectivity index (χ3v) is 2.05. The van der Waals surface area contributed by atoms with Crippen LogP contribution in [-0.4, -0.2) is 11.7 Å². The van der Waals surface area contributed by atoms with Crippen molar-refractivity contribution in [3.63, 3.8) is 0 Å². The Morgan fingerprint density at radius 3 is 2.75 bits per heavy atom. The van der Waals surface area contributed by atoms with Crippen molar-refractivity contribution >= 4 is 17.3 Å². The molecule has 12 heavy (non-hydrogen) atoms. The molecule has 0 aliphatic heterocycles. The number of aryl methyl sites for hydroxylation is 1. The minimum absolute atomic E-state index is 0.249. The van der Waals surface area contributed by atoms with E-state index in [4.69, 9.17) is 11.6 Å². The maximum atomic E-state index is 9.43. The average Bonchev–Trinajstić information content (AvgIpc) is 2.01. The van der Waals surface area contributed by atoms with Gasteiger partial charge >= 0.3 is 0 Å². The molecule has 0 atom stereocenters. The van der Waals surface area contributed by atoms with Crippen molar-refractivity contribution in [2.45, 2.75) is 13.8 Å². The number of aromatic hydroxyl groups is 1. The third-order valence-electron chi connectivity index (χ3n) is 1.64. The molecule has 0 heterocycles. The monoisotopic (exact) mass is 185 g/mol. The SMILES string of the molecule is CCNc1cc(Cl)c(C)cc1O. The van der Waals surface area contributed by atoms with Crippen LogP contribution in [-0.2, 0) is 0 Å². The minimum atomic E-state index is 0.249. The first-order valence-electron chi connectivity index (χ1n) is 3.88. The molecule has 2 nitrogen and oxygen atoms in total. The summed E-state index contributed by atoms with van der Waals surface area (Å²) < 4.78 is 0. The molecular formula is C9H12ClNO. The molecule has 0 spiro atoms. The van der Waals surface area contributed by atoms with E-state index in [1.165, 1.54) is 0 Å².